The number of rotatable bonds is 3. The zero-order valence-corrected chi connectivity index (χ0v) is 12.5. The van der Waals surface area contributed by atoms with Crippen molar-refractivity contribution >= 4 is 5.91 Å². The van der Waals surface area contributed by atoms with Gasteiger partial charge in [0.1, 0.15) is 6.26 Å². The number of hydrogen-bond acceptors (Lipinski definition) is 5. The second kappa shape index (κ2) is 6.58. The highest BCUT2D eigenvalue weighted by atomic mass is 16.5. The van der Waals surface area contributed by atoms with E-state index in [-0.39, 0.29) is 17.9 Å². The van der Waals surface area contributed by atoms with E-state index < -0.39 is 0 Å². The molecule has 3 heterocycles. The molecule has 1 aromatic heterocycles. The third-order valence-electron chi connectivity index (χ3n) is 4.48. The number of carbonyl (C=O) groups is 1. The Hall–Kier alpha value is -1.40. The summed E-state index contributed by atoms with van der Waals surface area (Å²) >= 11 is 0. The minimum absolute atomic E-state index is 0.0424. The predicted octanol–water partition coefficient (Wildman–Crippen LogP) is 1.13. The SMILES string of the molecule is CC1OCCCC1C(=O)N1CCN(Cc2ccon2)CC1. The topological polar surface area (TPSA) is 58.8 Å². The standard InChI is InChI=1S/C15H23N3O3/c1-12-14(3-2-9-20-12)15(19)18-7-5-17(6-8-18)11-13-4-10-21-16-13/h4,10,12,14H,2-3,5-9,11H2,1H3. The minimum Gasteiger partial charge on any atom is -0.378 e. The second-order valence-corrected chi connectivity index (χ2v) is 5.92. The first-order valence-electron chi connectivity index (χ1n) is 7.76. The van der Waals surface area contributed by atoms with E-state index in [1.165, 1.54) is 0 Å². The fourth-order valence-electron chi connectivity index (χ4n) is 3.16. The molecule has 21 heavy (non-hydrogen) atoms. The summed E-state index contributed by atoms with van der Waals surface area (Å²) in [6.45, 7) is 6.96. The first-order valence-corrected chi connectivity index (χ1v) is 7.76. The first-order chi connectivity index (χ1) is 10.2. The van der Waals surface area contributed by atoms with Crippen LogP contribution < -0.4 is 0 Å². The van der Waals surface area contributed by atoms with Crippen molar-refractivity contribution in [1.82, 2.24) is 15.0 Å². The largest absolute Gasteiger partial charge is 0.378 e. The number of aromatic nitrogens is 1. The van der Waals surface area contributed by atoms with Gasteiger partial charge in [-0.15, -0.1) is 0 Å². The first kappa shape index (κ1) is 14.5. The summed E-state index contributed by atoms with van der Waals surface area (Å²) in [6, 6.07) is 1.89. The zero-order valence-electron chi connectivity index (χ0n) is 12.5. The van der Waals surface area contributed by atoms with Crippen molar-refractivity contribution in [2.24, 2.45) is 5.92 Å². The van der Waals surface area contributed by atoms with Crippen molar-refractivity contribution in [2.75, 3.05) is 32.8 Å². The summed E-state index contributed by atoms with van der Waals surface area (Å²) in [7, 11) is 0. The summed E-state index contributed by atoms with van der Waals surface area (Å²) in [5, 5.41) is 3.93. The van der Waals surface area contributed by atoms with E-state index in [1.807, 2.05) is 17.9 Å². The van der Waals surface area contributed by atoms with E-state index in [1.54, 1.807) is 6.26 Å². The van der Waals surface area contributed by atoms with E-state index in [4.69, 9.17) is 9.26 Å². The maximum absolute atomic E-state index is 12.6. The maximum Gasteiger partial charge on any atom is 0.228 e. The van der Waals surface area contributed by atoms with Gasteiger partial charge in [0.2, 0.25) is 5.91 Å². The molecule has 1 aromatic rings. The van der Waals surface area contributed by atoms with Gasteiger partial charge in [-0.25, -0.2) is 0 Å². The van der Waals surface area contributed by atoms with Gasteiger partial charge in [0.15, 0.2) is 0 Å². The molecule has 1 amide bonds. The molecule has 0 spiro atoms. The maximum atomic E-state index is 12.6. The quantitative estimate of drug-likeness (QED) is 0.836. The van der Waals surface area contributed by atoms with Crippen molar-refractivity contribution < 1.29 is 14.1 Å². The molecule has 2 saturated heterocycles. The second-order valence-electron chi connectivity index (χ2n) is 5.92. The molecule has 2 unspecified atom stereocenters. The monoisotopic (exact) mass is 293 g/mol. The molecule has 6 heteroatoms. The highest BCUT2D eigenvalue weighted by Gasteiger charge is 2.33. The van der Waals surface area contributed by atoms with Crippen molar-refractivity contribution in [3.8, 4) is 0 Å². The Kier molecular flexibility index (Phi) is 4.55. The molecule has 2 aliphatic heterocycles. The van der Waals surface area contributed by atoms with Gasteiger partial charge in [0.25, 0.3) is 0 Å². The lowest BCUT2D eigenvalue weighted by Crippen LogP contribution is -2.52. The highest BCUT2D eigenvalue weighted by molar-refractivity contribution is 5.79. The molecule has 0 radical (unpaired) electrons. The Labute approximate surface area is 125 Å². The molecule has 2 fully saturated rings. The van der Waals surface area contributed by atoms with E-state index in [2.05, 4.69) is 10.1 Å². The van der Waals surface area contributed by atoms with Gasteiger partial charge in [0.05, 0.1) is 17.7 Å². The molecule has 2 aliphatic rings. The van der Waals surface area contributed by atoms with Crippen molar-refractivity contribution in [1.29, 1.82) is 0 Å². The Bertz CT molecular complexity index is 455. The Morgan fingerprint density at radius 2 is 2.19 bits per heavy atom. The van der Waals surface area contributed by atoms with Gasteiger partial charge in [-0.05, 0) is 19.8 Å². The van der Waals surface area contributed by atoms with Crippen molar-refractivity contribution in [3.63, 3.8) is 0 Å². The van der Waals surface area contributed by atoms with Crippen LogP contribution in [-0.2, 0) is 16.1 Å². The van der Waals surface area contributed by atoms with Crippen molar-refractivity contribution in [3.05, 3.63) is 18.0 Å². The van der Waals surface area contributed by atoms with E-state index in [0.717, 1.165) is 57.9 Å². The fourth-order valence-corrected chi connectivity index (χ4v) is 3.16. The van der Waals surface area contributed by atoms with Gasteiger partial charge in [-0.3, -0.25) is 9.69 Å². The smallest absolute Gasteiger partial charge is 0.228 e. The van der Waals surface area contributed by atoms with Crippen molar-refractivity contribution in [2.45, 2.75) is 32.4 Å². The van der Waals surface area contributed by atoms with E-state index >= 15 is 0 Å². The zero-order chi connectivity index (χ0) is 14.7. The fraction of sp³-hybridized carbons (Fsp3) is 0.733. The van der Waals surface area contributed by atoms with E-state index in [0.29, 0.717) is 0 Å². The normalized spacial score (nSPS) is 27.8. The minimum atomic E-state index is 0.0424. The van der Waals surface area contributed by atoms with Crippen LogP contribution in [0.4, 0.5) is 0 Å². The number of nitrogens with zero attached hydrogens (tertiary/aromatic N) is 3. The van der Waals surface area contributed by atoms with Crippen LogP contribution >= 0.6 is 0 Å². The Morgan fingerprint density at radius 3 is 2.86 bits per heavy atom. The molecule has 0 aromatic carbocycles. The summed E-state index contributed by atoms with van der Waals surface area (Å²) in [6.07, 6.45) is 3.60. The third-order valence-corrected chi connectivity index (χ3v) is 4.48. The van der Waals surface area contributed by atoms with Gasteiger partial charge in [-0.1, -0.05) is 5.16 Å². The Morgan fingerprint density at radius 1 is 1.38 bits per heavy atom. The molecule has 6 nitrogen and oxygen atoms in total. The van der Waals surface area contributed by atoms with Crippen LogP contribution in [0.1, 0.15) is 25.5 Å². The van der Waals surface area contributed by atoms with Crippen LogP contribution in [0.3, 0.4) is 0 Å². The van der Waals surface area contributed by atoms with Gasteiger partial charge in [-0.2, -0.15) is 0 Å². The molecule has 0 aliphatic carbocycles. The predicted molar refractivity (Wildman–Crippen MR) is 76.5 cm³/mol. The number of piperazine rings is 1. The molecule has 116 valence electrons. The number of hydrogen-bond donors (Lipinski definition) is 0. The van der Waals surface area contributed by atoms with Crippen LogP contribution in [0.5, 0.6) is 0 Å². The average Bonchev–Trinajstić information content (AvgIpc) is 3.01. The number of amides is 1. The molecule has 2 atom stereocenters. The van der Waals surface area contributed by atoms with Gasteiger partial charge >= 0.3 is 0 Å². The lowest BCUT2D eigenvalue weighted by atomic mass is 9.93. The molecule has 0 N–H and O–H groups in total. The number of ether oxygens (including phenoxy) is 1. The molecular weight excluding hydrogens is 270 g/mol. The van der Waals surface area contributed by atoms with Gasteiger partial charge < -0.3 is 14.2 Å². The molecule has 3 rings (SSSR count). The molecular formula is C15H23N3O3. The van der Waals surface area contributed by atoms with E-state index in [9.17, 15) is 4.79 Å². The molecule has 0 bridgehead atoms. The Balaban J connectivity index is 1.49. The molecule has 0 saturated carbocycles. The third kappa shape index (κ3) is 3.44. The van der Waals surface area contributed by atoms with Crippen LogP contribution in [0, 0.1) is 5.92 Å². The lowest BCUT2D eigenvalue weighted by molar-refractivity contribution is -0.145. The van der Waals surface area contributed by atoms with Gasteiger partial charge in [0, 0.05) is 45.4 Å². The van der Waals surface area contributed by atoms with Crippen LogP contribution in [0.2, 0.25) is 0 Å². The summed E-state index contributed by atoms with van der Waals surface area (Å²) in [4.78, 5) is 16.9. The summed E-state index contributed by atoms with van der Waals surface area (Å²) in [5.41, 5.74) is 0.948. The van der Waals surface area contributed by atoms with Crippen LogP contribution in [-0.4, -0.2) is 59.8 Å². The lowest BCUT2D eigenvalue weighted by Gasteiger charge is -2.38. The average molecular weight is 293 g/mol. The highest BCUT2D eigenvalue weighted by Crippen LogP contribution is 2.23. The van der Waals surface area contributed by atoms with Crippen LogP contribution in [0.25, 0.3) is 0 Å². The number of carbonyl (C=O) groups excluding carboxylic acids is 1. The summed E-state index contributed by atoms with van der Waals surface area (Å²) < 4.78 is 10.5. The summed E-state index contributed by atoms with van der Waals surface area (Å²) in [5.74, 6) is 0.309. The van der Waals surface area contributed by atoms with Crippen LogP contribution in [0.15, 0.2) is 16.9 Å².